The highest BCUT2D eigenvalue weighted by molar-refractivity contribution is 7.22. The number of imidazole rings is 1. The molecule has 0 aliphatic carbocycles. The van der Waals surface area contributed by atoms with Crippen LogP contribution in [0.1, 0.15) is 33.7 Å². The lowest BCUT2D eigenvalue weighted by atomic mass is 10.1. The molecular weight excluding hydrogens is 550 g/mol. The summed E-state index contributed by atoms with van der Waals surface area (Å²) in [4.78, 5) is 30.0. The summed E-state index contributed by atoms with van der Waals surface area (Å²) in [5, 5.41) is 20.3. The van der Waals surface area contributed by atoms with Crippen molar-refractivity contribution in [2.24, 2.45) is 7.05 Å². The minimum Gasteiger partial charge on any atom is -0.389 e. The maximum absolute atomic E-state index is 13.4. The average Bonchev–Trinajstić information content (AvgIpc) is 3.71. The van der Waals surface area contributed by atoms with Crippen LogP contribution in [0, 0.1) is 0 Å². The molecule has 0 spiro atoms. The number of piperazine rings is 1. The molecule has 0 aromatic carbocycles. The molecule has 42 heavy (non-hydrogen) atoms. The fraction of sp³-hybridized carbons (Fsp3) is 0.400. The number of H-pyrrole nitrogens is 1. The van der Waals surface area contributed by atoms with Crippen molar-refractivity contribution in [1.82, 2.24) is 39.2 Å². The third kappa shape index (κ3) is 4.41. The first-order chi connectivity index (χ1) is 20.1. The SMILES string of the molecule is CC(C)n1c(=O)n(C)c2cnc3[nH]c(-c4cnn(CC(C)(C)O)c4)c(-c4cc5cnc(N6CCNCC6)cc5s4)c3c21. The van der Waals surface area contributed by atoms with Crippen molar-refractivity contribution < 1.29 is 5.11 Å². The van der Waals surface area contributed by atoms with Gasteiger partial charge in [-0.25, -0.2) is 14.8 Å². The highest BCUT2D eigenvalue weighted by atomic mass is 32.1. The number of aromatic amines is 1. The topological polar surface area (TPSA) is 122 Å². The lowest BCUT2D eigenvalue weighted by Gasteiger charge is -2.28. The van der Waals surface area contributed by atoms with E-state index in [4.69, 9.17) is 9.97 Å². The summed E-state index contributed by atoms with van der Waals surface area (Å²) in [5.41, 5.74) is 4.12. The number of hydrogen-bond donors (Lipinski definition) is 3. The minimum absolute atomic E-state index is 0.0410. The molecule has 1 aliphatic heterocycles. The van der Waals surface area contributed by atoms with Crippen molar-refractivity contribution in [3.63, 3.8) is 0 Å². The van der Waals surface area contributed by atoms with Gasteiger partial charge in [0.25, 0.3) is 0 Å². The fourth-order valence-corrected chi connectivity index (χ4v) is 7.13. The van der Waals surface area contributed by atoms with Crippen LogP contribution in [0.2, 0.25) is 0 Å². The number of aromatic nitrogens is 7. The number of nitrogens with zero attached hydrogens (tertiary/aromatic N) is 7. The van der Waals surface area contributed by atoms with Gasteiger partial charge in [-0.15, -0.1) is 11.3 Å². The van der Waals surface area contributed by atoms with Gasteiger partial charge < -0.3 is 20.3 Å². The number of hydrogen-bond acceptors (Lipinski definition) is 8. The van der Waals surface area contributed by atoms with E-state index in [0.29, 0.717) is 12.2 Å². The molecule has 0 amide bonds. The number of aryl methyl sites for hydroxylation is 1. The fourth-order valence-electron chi connectivity index (χ4n) is 6.01. The van der Waals surface area contributed by atoms with E-state index in [1.807, 2.05) is 37.0 Å². The summed E-state index contributed by atoms with van der Waals surface area (Å²) in [6.45, 7) is 11.7. The van der Waals surface area contributed by atoms with Crippen LogP contribution in [-0.4, -0.2) is 70.8 Å². The van der Waals surface area contributed by atoms with Gasteiger partial charge >= 0.3 is 5.69 Å². The van der Waals surface area contributed by atoms with Gasteiger partial charge in [0.15, 0.2) is 0 Å². The van der Waals surface area contributed by atoms with Gasteiger partial charge in [0, 0.05) is 77.8 Å². The van der Waals surface area contributed by atoms with Crippen LogP contribution in [0.15, 0.2) is 41.7 Å². The predicted octanol–water partition coefficient (Wildman–Crippen LogP) is 4.12. The van der Waals surface area contributed by atoms with Gasteiger partial charge in [-0.3, -0.25) is 13.8 Å². The summed E-state index contributed by atoms with van der Waals surface area (Å²) < 4.78 is 6.44. The molecule has 218 valence electrons. The molecule has 0 atom stereocenters. The number of anilines is 1. The van der Waals surface area contributed by atoms with E-state index >= 15 is 0 Å². The van der Waals surface area contributed by atoms with Crippen molar-refractivity contribution >= 4 is 49.3 Å². The second kappa shape index (κ2) is 9.79. The minimum atomic E-state index is -0.905. The van der Waals surface area contributed by atoms with Crippen LogP contribution in [0.3, 0.4) is 0 Å². The zero-order valence-corrected chi connectivity index (χ0v) is 25.3. The van der Waals surface area contributed by atoms with Crippen LogP contribution >= 0.6 is 11.3 Å². The van der Waals surface area contributed by atoms with Gasteiger partial charge in [-0.2, -0.15) is 5.10 Å². The number of thiophene rings is 1. The molecule has 7 rings (SSSR count). The Morgan fingerprint density at radius 2 is 1.90 bits per heavy atom. The maximum Gasteiger partial charge on any atom is 0.329 e. The van der Waals surface area contributed by atoms with Crippen LogP contribution in [-0.2, 0) is 13.6 Å². The van der Waals surface area contributed by atoms with Crippen LogP contribution in [0.4, 0.5) is 5.82 Å². The lowest BCUT2D eigenvalue weighted by Crippen LogP contribution is -2.43. The molecule has 12 heteroatoms. The summed E-state index contributed by atoms with van der Waals surface area (Å²) >= 11 is 1.72. The molecule has 1 fully saturated rings. The highest BCUT2D eigenvalue weighted by Gasteiger charge is 2.26. The van der Waals surface area contributed by atoms with Crippen LogP contribution < -0.4 is 15.9 Å². The Balaban J connectivity index is 1.49. The largest absolute Gasteiger partial charge is 0.389 e. The lowest BCUT2D eigenvalue weighted by molar-refractivity contribution is 0.0577. The normalized spacial score (nSPS) is 14.8. The van der Waals surface area contributed by atoms with Crippen LogP contribution in [0.5, 0.6) is 0 Å². The molecule has 3 N–H and O–H groups in total. The smallest absolute Gasteiger partial charge is 0.329 e. The Morgan fingerprint density at radius 3 is 2.64 bits per heavy atom. The van der Waals surface area contributed by atoms with Gasteiger partial charge in [0.1, 0.15) is 11.5 Å². The molecule has 0 bridgehead atoms. The number of rotatable bonds is 6. The van der Waals surface area contributed by atoms with E-state index in [9.17, 15) is 9.90 Å². The monoisotopic (exact) mass is 585 g/mol. The van der Waals surface area contributed by atoms with Gasteiger partial charge in [0.2, 0.25) is 0 Å². The molecule has 7 heterocycles. The van der Waals surface area contributed by atoms with Gasteiger partial charge in [-0.1, -0.05) is 0 Å². The first-order valence-corrected chi connectivity index (χ1v) is 15.1. The Labute approximate surface area is 246 Å². The summed E-state index contributed by atoms with van der Waals surface area (Å²) in [6.07, 6.45) is 7.49. The first kappa shape index (κ1) is 26.9. The zero-order chi connectivity index (χ0) is 29.3. The first-order valence-electron chi connectivity index (χ1n) is 14.3. The molecule has 6 aromatic rings. The van der Waals surface area contributed by atoms with Crippen molar-refractivity contribution in [2.75, 3.05) is 31.1 Å². The maximum atomic E-state index is 13.4. The quantitative estimate of drug-likeness (QED) is 0.269. The van der Waals surface area contributed by atoms with E-state index in [0.717, 1.165) is 80.2 Å². The molecule has 6 aromatic heterocycles. The second-order valence-corrected chi connectivity index (χ2v) is 13.1. The number of aliphatic hydroxyl groups is 1. The number of nitrogens with one attached hydrogen (secondary N) is 2. The van der Waals surface area contributed by atoms with E-state index in [2.05, 4.69) is 32.4 Å². The van der Waals surface area contributed by atoms with E-state index < -0.39 is 5.60 Å². The molecule has 0 saturated carbocycles. The standard InChI is InChI=1S/C30H35N9O2S/c1-17(2)39-27-20(36(5)29(39)40)14-33-28-25(27)24(26(35-28)19-13-34-38(15-19)16-30(3,4)41)22-10-18-12-32-23(11-21(18)42-22)37-8-6-31-7-9-37/h10-15,17,31,41H,6-9,16H2,1-5H3,(H,33,35). The molecule has 0 unspecified atom stereocenters. The molecule has 1 saturated heterocycles. The van der Waals surface area contributed by atoms with Crippen molar-refractivity contribution in [2.45, 2.75) is 45.9 Å². The third-order valence-electron chi connectivity index (χ3n) is 7.93. The summed E-state index contributed by atoms with van der Waals surface area (Å²) in [7, 11) is 1.80. The molecule has 0 radical (unpaired) electrons. The third-order valence-corrected chi connectivity index (χ3v) is 9.05. The van der Waals surface area contributed by atoms with Crippen molar-refractivity contribution in [1.29, 1.82) is 0 Å². The Kier molecular flexibility index (Phi) is 6.26. The van der Waals surface area contributed by atoms with Crippen LogP contribution in [0.25, 0.3) is 53.9 Å². The number of fused-ring (bicyclic) bond motifs is 4. The molecule has 11 nitrogen and oxygen atoms in total. The average molecular weight is 586 g/mol. The Morgan fingerprint density at radius 1 is 1.12 bits per heavy atom. The van der Waals surface area contributed by atoms with Gasteiger partial charge in [0.05, 0.1) is 46.7 Å². The van der Waals surface area contributed by atoms with Crippen molar-refractivity contribution in [3.05, 3.63) is 47.4 Å². The predicted molar refractivity (Wildman–Crippen MR) is 168 cm³/mol. The summed E-state index contributed by atoms with van der Waals surface area (Å²) in [6, 6.07) is 4.33. The Hall–Kier alpha value is -4.00. The second-order valence-electron chi connectivity index (χ2n) is 12.1. The van der Waals surface area contributed by atoms with Crippen molar-refractivity contribution in [3.8, 4) is 21.7 Å². The molecule has 1 aliphatic rings. The zero-order valence-electron chi connectivity index (χ0n) is 24.5. The van der Waals surface area contributed by atoms with Gasteiger partial charge in [-0.05, 0) is 39.8 Å². The Bertz CT molecular complexity index is 2010. The van der Waals surface area contributed by atoms with E-state index in [1.54, 1.807) is 47.7 Å². The van der Waals surface area contributed by atoms with E-state index in [1.165, 1.54) is 0 Å². The molecular formula is C30H35N9O2S. The highest BCUT2D eigenvalue weighted by Crippen LogP contribution is 2.45. The summed E-state index contributed by atoms with van der Waals surface area (Å²) in [5.74, 6) is 0.991. The number of pyridine rings is 2. The van der Waals surface area contributed by atoms with E-state index in [-0.39, 0.29) is 11.7 Å².